The third-order valence-electron chi connectivity index (χ3n) is 5.61. The molecule has 2 rings (SSSR count). The van der Waals surface area contributed by atoms with Gasteiger partial charge in [-0.05, 0) is 39.5 Å². The Balaban J connectivity index is 0.000000379. The first-order valence-corrected chi connectivity index (χ1v) is 10.3. The van der Waals surface area contributed by atoms with E-state index in [-0.39, 0.29) is 5.41 Å². The second kappa shape index (κ2) is 12.6. The first-order chi connectivity index (χ1) is 12.6. The van der Waals surface area contributed by atoms with Gasteiger partial charge in [-0.3, -0.25) is 4.79 Å². The maximum atomic E-state index is 11.1. The highest BCUT2D eigenvalue weighted by Gasteiger charge is 2.23. The van der Waals surface area contributed by atoms with Crippen LogP contribution in [0, 0.1) is 5.41 Å². The van der Waals surface area contributed by atoms with Gasteiger partial charge in [-0.1, -0.05) is 41.2 Å². The molecule has 1 aliphatic heterocycles. The molecule has 0 bridgehead atoms. The molecule has 1 saturated heterocycles. The number of amides is 1. The van der Waals surface area contributed by atoms with Crippen molar-refractivity contribution in [3.63, 3.8) is 0 Å². The molecule has 0 aliphatic carbocycles. The quantitative estimate of drug-likeness (QED) is 0.744. The lowest BCUT2D eigenvalue weighted by atomic mass is 9.88. The van der Waals surface area contributed by atoms with Crippen LogP contribution in [0.4, 0.5) is 0 Å². The smallest absolute Gasteiger partial charge is 0.222 e. The van der Waals surface area contributed by atoms with E-state index in [4.69, 9.17) is 5.73 Å². The Kier molecular flexibility index (Phi) is 11.7. The van der Waals surface area contributed by atoms with E-state index in [1.165, 1.54) is 0 Å². The summed E-state index contributed by atoms with van der Waals surface area (Å²) in [6.07, 6.45) is 10.8. The fourth-order valence-electron chi connectivity index (χ4n) is 2.32. The molecule has 1 amide bonds. The summed E-state index contributed by atoms with van der Waals surface area (Å²) in [4.78, 5) is 17.0. The van der Waals surface area contributed by atoms with Crippen LogP contribution in [0.15, 0.2) is 31.0 Å². The van der Waals surface area contributed by atoms with Gasteiger partial charge in [-0.2, -0.15) is 0 Å². The molecule has 27 heavy (non-hydrogen) atoms. The maximum Gasteiger partial charge on any atom is 0.222 e. The van der Waals surface area contributed by atoms with Crippen LogP contribution in [0.3, 0.4) is 0 Å². The van der Waals surface area contributed by atoms with Crippen molar-refractivity contribution in [3.05, 3.63) is 31.0 Å². The Labute approximate surface area is 167 Å². The van der Waals surface area contributed by atoms with Gasteiger partial charge in [0.2, 0.25) is 5.91 Å². The zero-order valence-electron chi connectivity index (χ0n) is 18.7. The lowest BCUT2D eigenvalue weighted by Crippen LogP contribution is -2.33. The zero-order valence-corrected chi connectivity index (χ0v) is 18.7. The Bertz CT molecular complexity index is 537. The fourth-order valence-corrected chi connectivity index (χ4v) is 2.32. The summed E-state index contributed by atoms with van der Waals surface area (Å²) in [6.45, 7) is 19.5. The van der Waals surface area contributed by atoms with Crippen molar-refractivity contribution < 1.29 is 4.79 Å². The van der Waals surface area contributed by atoms with E-state index >= 15 is 0 Å². The summed E-state index contributed by atoms with van der Waals surface area (Å²) in [6, 6.07) is 1.04. The first kappa shape index (κ1) is 25.2. The topological polar surface area (TPSA) is 64.2 Å². The van der Waals surface area contributed by atoms with E-state index in [0.29, 0.717) is 18.0 Å². The number of imidazole rings is 1. The normalized spacial score (nSPS) is 16.0. The highest BCUT2D eigenvalue weighted by Crippen LogP contribution is 2.24. The minimum absolute atomic E-state index is 0.125. The number of allylic oxidation sites excluding steroid dienone is 1. The van der Waals surface area contributed by atoms with E-state index < -0.39 is 0 Å². The van der Waals surface area contributed by atoms with E-state index in [1.54, 1.807) is 0 Å². The Morgan fingerprint density at radius 3 is 2.15 bits per heavy atom. The number of carbonyl (C=O) groups is 1. The minimum atomic E-state index is 0.125. The molecule has 5 nitrogen and oxygen atoms in total. The first-order valence-electron chi connectivity index (χ1n) is 10.3. The number of nitrogens with zero attached hydrogens (tertiary/aromatic N) is 3. The Morgan fingerprint density at radius 2 is 1.85 bits per heavy atom. The van der Waals surface area contributed by atoms with Crippen LogP contribution < -0.4 is 5.73 Å². The van der Waals surface area contributed by atoms with Crippen LogP contribution in [0.5, 0.6) is 0 Å². The molecule has 2 N–H and O–H groups in total. The highest BCUT2D eigenvalue weighted by molar-refractivity contribution is 5.78. The number of carbonyl (C=O) groups excluding carboxylic acids is 1. The van der Waals surface area contributed by atoms with Crippen molar-refractivity contribution >= 4 is 5.91 Å². The van der Waals surface area contributed by atoms with Crippen LogP contribution in [0.2, 0.25) is 0 Å². The monoisotopic (exact) mass is 378 g/mol. The molecule has 2 atom stereocenters. The molecule has 5 heteroatoms. The average molecular weight is 379 g/mol. The van der Waals surface area contributed by atoms with Gasteiger partial charge in [0.05, 0.1) is 6.33 Å². The summed E-state index contributed by atoms with van der Waals surface area (Å²) in [5.41, 5.74) is 6.39. The third kappa shape index (κ3) is 9.12. The van der Waals surface area contributed by atoms with Crippen molar-refractivity contribution in [3.8, 4) is 0 Å². The zero-order chi connectivity index (χ0) is 21.0. The summed E-state index contributed by atoms with van der Waals surface area (Å²) in [7, 11) is 0. The molecule has 2 heterocycles. The van der Waals surface area contributed by atoms with Crippen LogP contribution in [0.25, 0.3) is 0 Å². The second-order valence-corrected chi connectivity index (χ2v) is 7.98. The molecule has 0 saturated carbocycles. The summed E-state index contributed by atoms with van der Waals surface area (Å²) in [5.74, 6) is 0.342. The molecular formula is C22H42N4O. The standard InChI is InChI=1S/C8H15NO.C7H12N2.C7H15N/c1-3-7(2)9-6-4-5-8(9)10;1-3-7(2)9-5-4-8-6-9;1-5-7(3,4)6(2)8/h7H,3-6H2,1-2H3;4-7H,3H2,1-2H3;2,5,8H2,1,3-4H3. The molecule has 1 aromatic rings. The molecule has 0 spiro atoms. The molecule has 1 fully saturated rings. The molecule has 156 valence electrons. The number of rotatable bonds is 6. The maximum absolute atomic E-state index is 11.1. The molecule has 1 aliphatic rings. The van der Waals surface area contributed by atoms with Crippen LogP contribution in [-0.4, -0.2) is 32.9 Å². The molecule has 0 radical (unpaired) electrons. The lowest BCUT2D eigenvalue weighted by molar-refractivity contribution is -0.129. The number of likely N-dealkylation sites (tertiary alicyclic amines) is 1. The molecule has 1 aromatic heterocycles. The highest BCUT2D eigenvalue weighted by atomic mass is 16.2. The van der Waals surface area contributed by atoms with Gasteiger partial charge in [-0.15, -0.1) is 0 Å². The van der Waals surface area contributed by atoms with E-state index in [9.17, 15) is 4.79 Å². The van der Waals surface area contributed by atoms with Crippen molar-refractivity contribution in [2.75, 3.05) is 6.54 Å². The molecular weight excluding hydrogens is 336 g/mol. The number of hydrogen-bond donors (Lipinski definition) is 1. The predicted octanol–water partition coefficient (Wildman–Crippen LogP) is 5.16. The molecule has 2 unspecified atom stereocenters. The number of nitrogens with two attached hydrogens (primary N) is 1. The van der Waals surface area contributed by atoms with Gasteiger partial charge in [0.25, 0.3) is 0 Å². The van der Waals surface area contributed by atoms with Gasteiger partial charge >= 0.3 is 0 Å². The number of hydrogen-bond acceptors (Lipinski definition) is 3. The second-order valence-electron chi connectivity index (χ2n) is 7.98. The summed E-state index contributed by atoms with van der Waals surface area (Å²) in [5, 5.41) is 0. The van der Waals surface area contributed by atoms with Gasteiger partial charge in [0, 0.05) is 48.6 Å². The van der Waals surface area contributed by atoms with Crippen molar-refractivity contribution in [2.45, 2.75) is 92.7 Å². The predicted molar refractivity (Wildman–Crippen MR) is 115 cm³/mol. The minimum Gasteiger partial charge on any atom is -0.402 e. The SMILES string of the molecule is C=C(N)C(C)(C)CC.CCC(C)N1CCCC1=O.CCC(C)n1ccnc1. The van der Waals surface area contributed by atoms with Gasteiger partial charge in [0.1, 0.15) is 0 Å². The largest absolute Gasteiger partial charge is 0.402 e. The van der Waals surface area contributed by atoms with E-state index in [2.05, 4.69) is 64.6 Å². The van der Waals surface area contributed by atoms with Crippen molar-refractivity contribution in [1.29, 1.82) is 0 Å². The average Bonchev–Trinajstić information content (AvgIpc) is 3.33. The van der Waals surface area contributed by atoms with Crippen LogP contribution in [-0.2, 0) is 4.79 Å². The van der Waals surface area contributed by atoms with E-state index in [1.807, 2.05) is 23.6 Å². The van der Waals surface area contributed by atoms with Crippen molar-refractivity contribution in [2.24, 2.45) is 11.1 Å². The van der Waals surface area contributed by atoms with Gasteiger partial charge in [0.15, 0.2) is 0 Å². The van der Waals surface area contributed by atoms with Crippen LogP contribution in [0.1, 0.15) is 86.6 Å². The summed E-state index contributed by atoms with van der Waals surface area (Å²) < 4.78 is 2.11. The Morgan fingerprint density at radius 1 is 1.26 bits per heavy atom. The van der Waals surface area contributed by atoms with Gasteiger partial charge < -0.3 is 15.2 Å². The third-order valence-corrected chi connectivity index (χ3v) is 5.61. The Hall–Kier alpha value is -1.78. The van der Waals surface area contributed by atoms with Crippen LogP contribution >= 0.6 is 0 Å². The lowest BCUT2D eigenvalue weighted by Gasteiger charge is -2.22. The summed E-state index contributed by atoms with van der Waals surface area (Å²) >= 11 is 0. The van der Waals surface area contributed by atoms with Crippen molar-refractivity contribution in [1.82, 2.24) is 14.5 Å². The molecule has 0 aromatic carbocycles. The fraction of sp³-hybridized carbons (Fsp3) is 0.727. The number of aromatic nitrogens is 2. The van der Waals surface area contributed by atoms with Gasteiger partial charge in [-0.25, -0.2) is 4.98 Å². The van der Waals surface area contributed by atoms with E-state index in [0.717, 1.165) is 44.3 Å².